The lowest BCUT2D eigenvalue weighted by Gasteiger charge is -2.15. The summed E-state index contributed by atoms with van der Waals surface area (Å²) in [6.45, 7) is 8.34. The summed E-state index contributed by atoms with van der Waals surface area (Å²) in [6.07, 6.45) is 5.35. The molecule has 16 heavy (non-hydrogen) atoms. The molecule has 0 aromatic carbocycles. The van der Waals surface area contributed by atoms with Gasteiger partial charge in [-0.1, -0.05) is 13.8 Å². The van der Waals surface area contributed by atoms with Crippen LogP contribution in [0.5, 0.6) is 0 Å². The predicted molar refractivity (Wildman–Crippen MR) is 64.5 cm³/mol. The molecule has 90 valence electrons. The molecule has 1 aromatic heterocycles. The average Bonchev–Trinajstić information content (AvgIpc) is 2.77. The van der Waals surface area contributed by atoms with Crippen molar-refractivity contribution < 1.29 is 4.74 Å². The van der Waals surface area contributed by atoms with Crippen molar-refractivity contribution in [1.82, 2.24) is 9.78 Å². The second kappa shape index (κ2) is 4.87. The van der Waals surface area contributed by atoms with Crippen LogP contribution in [0.1, 0.15) is 27.2 Å². The molecule has 0 saturated carbocycles. The molecule has 1 aliphatic rings. The molecule has 2 rings (SSSR count). The van der Waals surface area contributed by atoms with Crippen molar-refractivity contribution in [2.24, 2.45) is 5.92 Å². The second-order valence-corrected chi connectivity index (χ2v) is 4.96. The van der Waals surface area contributed by atoms with Gasteiger partial charge in [0.05, 0.1) is 24.0 Å². The fourth-order valence-corrected chi connectivity index (χ4v) is 2.05. The highest BCUT2D eigenvalue weighted by Crippen LogP contribution is 2.18. The van der Waals surface area contributed by atoms with E-state index in [0.29, 0.717) is 18.1 Å². The second-order valence-electron chi connectivity index (χ2n) is 4.96. The first kappa shape index (κ1) is 11.5. The van der Waals surface area contributed by atoms with E-state index in [4.69, 9.17) is 4.74 Å². The van der Waals surface area contributed by atoms with Gasteiger partial charge in [-0.25, -0.2) is 0 Å². The zero-order chi connectivity index (χ0) is 11.5. The maximum atomic E-state index is 5.52. The quantitative estimate of drug-likeness (QED) is 0.850. The number of rotatable bonds is 4. The van der Waals surface area contributed by atoms with Crippen molar-refractivity contribution in [1.29, 1.82) is 0 Å². The van der Waals surface area contributed by atoms with E-state index in [0.717, 1.165) is 25.3 Å². The number of aromatic nitrogens is 2. The Hall–Kier alpha value is -1.03. The summed E-state index contributed by atoms with van der Waals surface area (Å²) in [6, 6.07) is 0.427. The van der Waals surface area contributed by atoms with E-state index in [9.17, 15) is 0 Å². The van der Waals surface area contributed by atoms with Crippen LogP contribution >= 0.6 is 0 Å². The molecule has 2 heterocycles. The summed E-state index contributed by atoms with van der Waals surface area (Å²) >= 11 is 0. The minimum atomic E-state index is 0.299. The van der Waals surface area contributed by atoms with Crippen LogP contribution in [0.4, 0.5) is 5.69 Å². The molecule has 1 fully saturated rings. The van der Waals surface area contributed by atoms with Gasteiger partial charge in [-0.2, -0.15) is 5.10 Å². The largest absolute Gasteiger partial charge is 0.377 e. The fraction of sp³-hybridized carbons (Fsp3) is 0.750. The lowest BCUT2D eigenvalue weighted by molar-refractivity contribution is 0.121. The molecular weight excluding hydrogens is 202 g/mol. The summed E-state index contributed by atoms with van der Waals surface area (Å²) in [4.78, 5) is 0. The van der Waals surface area contributed by atoms with E-state index in [-0.39, 0.29) is 0 Å². The number of nitrogens with zero attached hydrogens (tertiary/aromatic N) is 2. The molecule has 0 spiro atoms. The predicted octanol–water partition coefficient (Wildman–Crippen LogP) is 2.13. The van der Waals surface area contributed by atoms with Crippen molar-refractivity contribution in [2.45, 2.75) is 45.9 Å². The van der Waals surface area contributed by atoms with Crippen LogP contribution < -0.4 is 5.32 Å². The summed E-state index contributed by atoms with van der Waals surface area (Å²) < 4.78 is 7.51. The van der Waals surface area contributed by atoms with Gasteiger partial charge in [-0.15, -0.1) is 0 Å². The number of nitrogens with one attached hydrogen (secondary N) is 1. The van der Waals surface area contributed by atoms with Crippen LogP contribution in [0.3, 0.4) is 0 Å². The first-order valence-corrected chi connectivity index (χ1v) is 6.05. The SMILES string of the molecule is CC(C)Cn1cc(N[C@@H]2CCO[C@H]2C)cn1. The molecule has 2 atom stereocenters. The zero-order valence-electron chi connectivity index (χ0n) is 10.3. The van der Waals surface area contributed by atoms with Gasteiger partial charge in [0, 0.05) is 19.3 Å². The summed E-state index contributed by atoms with van der Waals surface area (Å²) in [5.41, 5.74) is 1.10. The topological polar surface area (TPSA) is 39.1 Å². The van der Waals surface area contributed by atoms with Gasteiger partial charge in [0.25, 0.3) is 0 Å². The molecule has 0 unspecified atom stereocenters. The number of anilines is 1. The van der Waals surface area contributed by atoms with E-state index < -0.39 is 0 Å². The van der Waals surface area contributed by atoms with Crippen LogP contribution in [0, 0.1) is 5.92 Å². The Bertz CT molecular complexity index is 335. The van der Waals surface area contributed by atoms with Crippen LogP contribution in [0.15, 0.2) is 12.4 Å². The van der Waals surface area contributed by atoms with Gasteiger partial charge in [-0.05, 0) is 19.3 Å². The Morgan fingerprint density at radius 3 is 3.06 bits per heavy atom. The molecule has 0 radical (unpaired) electrons. The van der Waals surface area contributed by atoms with Crippen LogP contribution in [-0.2, 0) is 11.3 Å². The van der Waals surface area contributed by atoms with Gasteiger partial charge in [0.15, 0.2) is 0 Å². The molecule has 0 amide bonds. The van der Waals surface area contributed by atoms with Crippen LogP contribution in [0.25, 0.3) is 0 Å². The standard InChI is InChI=1S/C12H21N3O/c1-9(2)7-15-8-11(6-13-15)14-12-4-5-16-10(12)3/h6,8-10,12,14H,4-5,7H2,1-3H3/t10-,12+/m0/s1. The monoisotopic (exact) mass is 223 g/mol. The maximum Gasteiger partial charge on any atom is 0.0748 e. The van der Waals surface area contributed by atoms with Gasteiger partial charge in [0.2, 0.25) is 0 Å². The van der Waals surface area contributed by atoms with Crippen LogP contribution in [0.2, 0.25) is 0 Å². The Labute approximate surface area is 97.0 Å². The Morgan fingerprint density at radius 1 is 1.62 bits per heavy atom. The molecule has 1 aliphatic heterocycles. The highest BCUT2D eigenvalue weighted by molar-refractivity contribution is 5.39. The first-order chi connectivity index (χ1) is 7.65. The Kier molecular flexibility index (Phi) is 3.49. The van der Waals surface area contributed by atoms with Crippen LogP contribution in [-0.4, -0.2) is 28.5 Å². The van der Waals surface area contributed by atoms with Crippen molar-refractivity contribution >= 4 is 5.69 Å². The molecule has 4 heteroatoms. The van der Waals surface area contributed by atoms with Crippen molar-refractivity contribution in [3.05, 3.63) is 12.4 Å². The summed E-state index contributed by atoms with van der Waals surface area (Å²) in [7, 11) is 0. The molecule has 1 saturated heterocycles. The molecule has 4 nitrogen and oxygen atoms in total. The van der Waals surface area contributed by atoms with Crippen molar-refractivity contribution in [3.63, 3.8) is 0 Å². The lowest BCUT2D eigenvalue weighted by Crippen LogP contribution is -2.26. The molecular formula is C12H21N3O. The normalized spacial score (nSPS) is 25.2. The highest BCUT2D eigenvalue weighted by Gasteiger charge is 2.24. The van der Waals surface area contributed by atoms with Gasteiger partial charge < -0.3 is 10.1 Å². The smallest absolute Gasteiger partial charge is 0.0748 e. The molecule has 1 N–H and O–H groups in total. The van der Waals surface area contributed by atoms with E-state index in [2.05, 4.69) is 37.4 Å². The Morgan fingerprint density at radius 2 is 2.44 bits per heavy atom. The van der Waals surface area contributed by atoms with Gasteiger partial charge in [0.1, 0.15) is 0 Å². The molecule has 0 aliphatic carbocycles. The number of hydrogen-bond acceptors (Lipinski definition) is 3. The van der Waals surface area contributed by atoms with Crippen molar-refractivity contribution in [3.8, 4) is 0 Å². The van der Waals surface area contributed by atoms with Crippen molar-refractivity contribution in [2.75, 3.05) is 11.9 Å². The van der Waals surface area contributed by atoms with E-state index in [1.54, 1.807) is 0 Å². The number of hydrogen-bond donors (Lipinski definition) is 1. The Balaban J connectivity index is 1.92. The van der Waals surface area contributed by atoms with E-state index >= 15 is 0 Å². The lowest BCUT2D eigenvalue weighted by atomic mass is 10.1. The van der Waals surface area contributed by atoms with E-state index in [1.807, 2.05) is 10.9 Å². The van der Waals surface area contributed by atoms with Gasteiger partial charge in [-0.3, -0.25) is 4.68 Å². The zero-order valence-corrected chi connectivity index (χ0v) is 10.3. The maximum absolute atomic E-state index is 5.52. The minimum Gasteiger partial charge on any atom is -0.377 e. The third kappa shape index (κ3) is 2.76. The third-order valence-electron chi connectivity index (χ3n) is 2.91. The number of ether oxygens (including phenoxy) is 1. The average molecular weight is 223 g/mol. The molecule has 0 bridgehead atoms. The third-order valence-corrected chi connectivity index (χ3v) is 2.91. The molecule has 1 aromatic rings. The highest BCUT2D eigenvalue weighted by atomic mass is 16.5. The minimum absolute atomic E-state index is 0.299. The summed E-state index contributed by atoms with van der Waals surface area (Å²) in [5.74, 6) is 0.626. The fourth-order valence-electron chi connectivity index (χ4n) is 2.05. The van der Waals surface area contributed by atoms with E-state index in [1.165, 1.54) is 0 Å². The summed E-state index contributed by atoms with van der Waals surface area (Å²) in [5, 5.41) is 7.81. The van der Waals surface area contributed by atoms with Gasteiger partial charge >= 0.3 is 0 Å². The first-order valence-electron chi connectivity index (χ1n) is 6.05.